The second-order valence-electron chi connectivity index (χ2n) is 7.05. The molecule has 0 radical (unpaired) electrons. The van der Waals surface area contributed by atoms with Gasteiger partial charge in [0.1, 0.15) is 11.6 Å². The van der Waals surface area contributed by atoms with Gasteiger partial charge in [0.05, 0.1) is 0 Å². The lowest BCUT2D eigenvalue weighted by Gasteiger charge is -2.24. The van der Waals surface area contributed by atoms with E-state index < -0.39 is 0 Å². The van der Waals surface area contributed by atoms with Gasteiger partial charge in [0, 0.05) is 30.0 Å². The molecule has 0 aliphatic carbocycles. The first kappa shape index (κ1) is 17.5. The molecule has 4 rings (SSSR count). The summed E-state index contributed by atoms with van der Waals surface area (Å²) in [6.45, 7) is 4.91. The molecule has 138 valence electrons. The van der Waals surface area contributed by atoms with Gasteiger partial charge >= 0.3 is 0 Å². The van der Waals surface area contributed by atoms with Crippen LogP contribution < -0.4 is 10.2 Å². The summed E-state index contributed by atoms with van der Waals surface area (Å²) < 4.78 is 13.0. The van der Waals surface area contributed by atoms with Gasteiger partial charge < -0.3 is 10.2 Å². The molecule has 0 fully saturated rings. The number of hydrogen-bond donors (Lipinski definition) is 1. The fraction of sp³-hybridized carbons (Fsp3) is 0.273. The second-order valence-corrected chi connectivity index (χ2v) is 7.05. The third-order valence-corrected chi connectivity index (χ3v) is 4.90. The molecule has 1 aliphatic rings. The summed E-state index contributed by atoms with van der Waals surface area (Å²) in [5.74, 6) is 1.34. The maximum absolute atomic E-state index is 13.0. The van der Waals surface area contributed by atoms with Gasteiger partial charge in [-0.15, -0.1) is 0 Å². The van der Waals surface area contributed by atoms with Crippen LogP contribution in [0, 0.1) is 12.7 Å². The zero-order chi connectivity index (χ0) is 18.8. The normalized spacial score (nSPS) is 15.7. The Labute approximate surface area is 159 Å². The lowest BCUT2D eigenvalue weighted by Crippen LogP contribution is -2.25. The van der Waals surface area contributed by atoms with E-state index >= 15 is 0 Å². The maximum Gasteiger partial charge on any atom is 0.224 e. The van der Waals surface area contributed by atoms with Crippen molar-refractivity contribution in [1.29, 1.82) is 0 Å². The Morgan fingerprint density at radius 3 is 2.70 bits per heavy atom. The zero-order valence-electron chi connectivity index (χ0n) is 15.6. The van der Waals surface area contributed by atoms with Crippen LogP contribution in [-0.4, -0.2) is 22.6 Å². The molecule has 2 aromatic carbocycles. The molecule has 5 heteroatoms. The molecule has 1 N–H and O–H groups in total. The van der Waals surface area contributed by atoms with E-state index in [0.29, 0.717) is 18.5 Å². The van der Waals surface area contributed by atoms with Gasteiger partial charge in [0.25, 0.3) is 0 Å². The minimum Gasteiger partial charge on any atom is -0.354 e. The maximum atomic E-state index is 13.0. The van der Waals surface area contributed by atoms with Gasteiger partial charge in [0.15, 0.2) is 0 Å². The SMILES string of the molecule is Cc1cc(N2c3ccccc3CC2C)nc(NCCc2ccc(F)cc2)n1. The number of benzene rings is 2. The van der Waals surface area contributed by atoms with E-state index in [4.69, 9.17) is 4.98 Å². The monoisotopic (exact) mass is 362 g/mol. The minimum absolute atomic E-state index is 0.210. The number of fused-ring (bicyclic) bond motifs is 1. The summed E-state index contributed by atoms with van der Waals surface area (Å²) in [4.78, 5) is 11.6. The molecule has 1 aliphatic heterocycles. The Morgan fingerprint density at radius 1 is 1.11 bits per heavy atom. The molecule has 2 heterocycles. The van der Waals surface area contributed by atoms with Crippen molar-refractivity contribution in [2.45, 2.75) is 32.7 Å². The van der Waals surface area contributed by atoms with E-state index in [-0.39, 0.29) is 5.82 Å². The third-order valence-electron chi connectivity index (χ3n) is 4.90. The van der Waals surface area contributed by atoms with Crippen molar-refractivity contribution >= 4 is 17.5 Å². The highest BCUT2D eigenvalue weighted by molar-refractivity contribution is 5.69. The highest BCUT2D eigenvalue weighted by atomic mass is 19.1. The average Bonchev–Trinajstić information content (AvgIpc) is 2.98. The Balaban J connectivity index is 1.51. The Morgan fingerprint density at radius 2 is 1.89 bits per heavy atom. The first-order chi connectivity index (χ1) is 13.1. The summed E-state index contributed by atoms with van der Waals surface area (Å²) >= 11 is 0. The highest BCUT2D eigenvalue weighted by Crippen LogP contribution is 2.37. The number of rotatable bonds is 5. The van der Waals surface area contributed by atoms with Gasteiger partial charge in [-0.3, -0.25) is 0 Å². The number of aryl methyl sites for hydroxylation is 1. The number of para-hydroxylation sites is 1. The molecule has 0 amide bonds. The molecular weight excluding hydrogens is 339 g/mol. The average molecular weight is 362 g/mol. The fourth-order valence-electron chi connectivity index (χ4n) is 3.64. The summed E-state index contributed by atoms with van der Waals surface area (Å²) in [7, 11) is 0. The van der Waals surface area contributed by atoms with Crippen molar-refractivity contribution in [3.63, 3.8) is 0 Å². The standard InChI is InChI=1S/C22H23FN4/c1-15-13-21(27-16(2)14-18-5-3-4-6-20(18)27)26-22(25-15)24-12-11-17-7-9-19(23)10-8-17/h3-10,13,16H,11-12,14H2,1-2H3,(H,24,25,26). The molecule has 4 nitrogen and oxygen atoms in total. The number of halogens is 1. The number of aromatic nitrogens is 2. The van der Waals surface area contributed by atoms with Gasteiger partial charge in [-0.1, -0.05) is 30.3 Å². The van der Waals surface area contributed by atoms with Crippen LogP contribution in [0.3, 0.4) is 0 Å². The second kappa shape index (κ2) is 7.35. The lowest BCUT2D eigenvalue weighted by atomic mass is 10.1. The smallest absolute Gasteiger partial charge is 0.224 e. The zero-order valence-corrected chi connectivity index (χ0v) is 15.6. The van der Waals surface area contributed by atoms with Crippen molar-refractivity contribution in [3.8, 4) is 0 Å². The number of nitrogens with zero attached hydrogens (tertiary/aromatic N) is 3. The number of hydrogen-bond acceptors (Lipinski definition) is 4. The van der Waals surface area contributed by atoms with Crippen LogP contribution in [0.5, 0.6) is 0 Å². The van der Waals surface area contributed by atoms with Gasteiger partial charge in [-0.2, -0.15) is 4.98 Å². The highest BCUT2D eigenvalue weighted by Gasteiger charge is 2.28. The van der Waals surface area contributed by atoms with Gasteiger partial charge in [0.2, 0.25) is 5.95 Å². The van der Waals surface area contributed by atoms with E-state index in [0.717, 1.165) is 29.9 Å². The first-order valence-corrected chi connectivity index (χ1v) is 9.31. The van der Waals surface area contributed by atoms with Gasteiger partial charge in [-0.25, -0.2) is 9.37 Å². The van der Waals surface area contributed by atoms with Crippen LogP contribution in [0.15, 0.2) is 54.6 Å². The Hall–Kier alpha value is -2.95. The predicted molar refractivity (Wildman–Crippen MR) is 107 cm³/mol. The molecule has 1 aromatic heterocycles. The van der Waals surface area contributed by atoms with Crippen LogP contribution in [0.2, 0.25) is 0 Å². The van der Waals surface area contributed by atoms with Crippen molar-refractivity contribution in [1.82, 2.24) is 9.97 Å². The fourth-order valence-corrected chi connectivity index (χ4v) is 3.64. The van der Waals surface area contributed by atoms with Crippen molar-refractivity contribution in [3.05, 3.63) is 77.2 Å². The number of nitrogens with one attached hydrogen (secondary N) is 1. The molecule has 0 spiro atoms. The summed E-state index contributed by atoms with van der Waals surface area (Å²) in [5.41, 5.74) is 4.59. The first-order valence-electron chi connectivity index (χ1n) is 9.31. The molecule has 0 saturated heterocycles. The summed E-state index contributed by atoms with van der Waals surface area (Å²) in [6, 6.07) is 17.5. The van der Waals surface area contributed by atoms with Crippen molar-refractivity contribution < 1.29 is 4.39 Å². The van der Waals surface area contributed by atoms with Crippen LogP contribution in [0.4, 0.5) is 21.8 Å². The lowest BCUT2D eigenvalue weighted by molar-refractivity contribution is 0.627. The van der Waals surface area contributed by atoms with Crippen LogP contribution in [0.1, 0.15) is 23.7 Å². The third kappa shape index (κ3) is 3.77. The van der Waals surface area contributed by atoms with E-state index in [9.17, 15) is 4.39 Å². The van der Waals surface area contributed by atoms with E-state index in [1.165, 1.54) is 23.4 Å². The van der Waals surface area contributed by atoms with E-state index in [2.05, 4.69) is 46.4 Å². The van der Waals surface area contributed by atoms with Gasteiger partial charge in [-0.05, 0) is 56.0 Å². The predicted octanol–water partition coefficient (Wildman–Crippen LogP) is 4.66. The summed E-state index contributed by atoms with van der Waals surface area (Å²) in [5, 5.41) is 3.31. The Kier molecular flexibility index (Phi) is 4.75. The van der Waals surface area contributed by atoms with E-state index in [1.54, 1.807) is 0 Å². The van der Waals surface area contributed by atoms with E-state index in [1.807, 2.05) is 25.1 Å². The molecular formula is C22H23FN4. The minimum atomic E-state index is -0.210. The molecule has 3 aromatic rings. The molecule has 0 bridgehead atoms. The van der Waals surface area contributed by atoms with Crippen molar-refractivity contribution in [2.24, 2.45) is 0 Å². The van der Waals surface area contributed by atoms with Crippen LogP contribution in [-0.2, 0) is 12.8 Å². The van der Waals surface area contributed by atoms with Crippen LogP contribution in [0.25, 0.3) is 0 Å². The summed E-state index contributed by atoms with van der Waals surface area (Å²) in [6.07, 6.45) is 1.81. The quantitative estimate of drug-likeness (QED) is 0.717. The Bertz CT molecular complexity index is 939. The molecule has 1 unspecified atom stereocenters. The van der Waals surface area contributed by atoms with Crippen molar-refractivity contribution in [2.75, 3.05) is 16.8 Å². The molecule has 27 heavy (non-hydrogen) atoms. The molecule has 0 saturated carbocycles. The van der Waals surface area contributed by atoms with Crippen LogP contribution >= 0.6 is 0 Å². The molecule has 1 atom stereocenters. The largest absolute Gasteiger partial charge is 0.354 e. The topological polar surface area (TPSA) is 41.1 Å². The number of anilines is 3.